The summed E-state index contributed by atoms with van der Waals surface area (Å²) in [5.41, 5.74) is 7.47. The molecule has 0 aliphatic rings. The van der Waals surface area contributed by atoms with Crippen molar-refractivity contribution in [3.8, 4) is 0 Å². The van der Waals surface area contributed by atoms with Gasteiger partial charge in [0.15, 0.2) is 0 Å². The molecule has 0 aliphatic carbocycles. The number of carbonyl (C=O) groups excluding carboxylic acids is 1. The summed E-state index contributed by atoms with van der Waals surface area (Å²) < 4.78 is 5.07. The summed E-state index contributed by atoms with van der Waals surface area (Å²) >= 11 is 0. The first-order valence-corrected chi connectivity index (χ1v) is 7.40. The second kappa shape index (κ2) is 8.51. The molecular weight excluding hydrogens is 254 g/mol. The van der Waals surface area contributed by atoms with Crippen LogP contribution in [0.5, 0.6) is 0 Å². The molecule has 0 atom stereocenters. The molecule has 0 saturated heterocycles. The summed E-state index contributed by atoms with van der Waals surface area (Å²) in [6.45, 7) is 6.09. The van der Waals surface area contributed by atoms with Crippen LogP contribution < -0.4 is 5.73 Å². The van der Waals surface area contributed by atoms with Gasteiger partial charge in [-0.2, -0.15) is 0 Å². The number of esters is 1. The molecule has 1 aromatic rings. The van der Waals surface area contributed by atoms with Gasteiger partial charge in [0.1, 0.15) is 5.56 Å². The van der Waals surface area contributed by atoms with E-state index in [0.29, 0.717) is 23.6 Å². The number of nitrogens with zero attached hydrogens (tertiary/aromatic N) is 2. The lowest BCUT2D eigenvalue weighted by Gasteiger charge is -2.11. The Balaban J connectivity index is 2.79. The van der Waals surface area contributed by atoms with Gasteiger partial charge in [0, 0.05) is 0 Å². The Hall–Kier alpha value is -1.65. The fourth-order valence-electron chi connectivity index (χ4n) is 2.20. The fraction of sp³-hybridized carbons (Fsp3) is 0.667. The van der Waals surface area contributed by atoms with E-state index in [-0.39, 0.29) is 11.9 Å². The summed E-state index contributed by atoms with van der Waals surface area (Å²) in [7, 11) is 0. The van der Waals surface area contributed by atoms with Crippen LogP contribution in [-0.4, -0.2) is 22.5 Å². The second-order valence-corrected chi connectivity index (χ2v) is 4.87. The molecular formula is C15H25N3O2. The Bertz CT molecular complexity index is 447. The van der Waals surface area contributed by atoms with Gasteiger partial charge < -0.3 is 10.5 Å². The van der Waals surface area contributed by atoms with Crippen molar-refractivity contribution in [3.05, 3.63) is 17.0 Å². The summed E-state index contributed by atoms with van der Waals surface area (Å²) in [4.78, 5) is 20.3. The number of ether oxygens (including phenoxy) is 1. The number of aromatic nitrogens is 2. The number of rotatable bonds is 8. The van der Waals surface area contributed by atoms with E-state index >= 15 is 0 Å². The maximum absolute atomic E-state index is 12.0. The quantitative estimate of drug-likeness (QED) is 0.584. The van der Waals surface area contributed by atoms with Crippen molar-refractivity contribution in [1.82, 2.24) is 9.97 Å². The maximum Gasteiger partial charge on any atom is 0.341 e. The number of hydrogen-bond donors (Lipinski definition) is 1. The molecule has 0 aliphatic heterocycles. The predicted octanol–water partition coefficient (Wildman–Crippen LogP) is 3.06. The van der Waals surface area contributed by atoms with E-state index < -0.39 is 0 Å². The summed E-state index contributed by atoms with van der Waals surface area (Å²) in [6, 6.07) is 0. The third kappa shape index (κ3) is 4.79. The molecule has 5 heteroatoms. The molecule has 0 bridgehead atoms. The molecule has 20 heavy (non-hydrogen) atoms. The maximum atomic E-state index is 12.0. The van der Waals surface area contributed by atoms with Gasteiger partial charge in [0.05, 0.1) is 18.0 Å². The number of carbonyl (C=O) groups is 1. The van der Waals surface area contributed by atoms with Crippen LogP contribution in [0.1, 0.15) is 67.7 Å². The van der Waals surface area contributed by atoms with E-state index in [2.05, 4.69) is 16.9 Å². The zero-order valence-electron chi connectivity index (χ0n) is 12.7. The highest BCUT2D eigenvalue weighted by molar-refractivity contribution is 5.91. The van der Waals surface area contributed by atoms with Crippen LogP contribution in [-0.2, 0) is 11.2 Å². The summed E-state index contributed by atoms with van der Waals surface area (Å²) in [5, 5.41) is 0. The number of nitrogens with two attached hydrogens (primary N) is 1. The number of hydrogen-bond acceptors (Lipinski definition) is 5. The zero-order valence-corrected chi connectivity index (χ0v) is 12.7. The fourth-order valence-corrected chi connectivity index (χ4v) is 2.20. The Morgan fingerprint density at radius 2 is 1.85 bits per heavy atom. The molecule has 1 aromatic heterocycles. The van der Waals surface area contributed by atoms with E-state index in [1.54, 1.807) is 13.8 Å². The highest BCUT2D eigenvalue weighted by Gasteiger charge is 2.18. The molecule has 0 fully saturated rings. The molecule has 1 heterocycles. The molecule has 0 spiro atoms. The molecule has 0 amide bonds. The number of aryl methyl sites for hydroxylation is 2. The number of nitrogen functional groups attached to an aromatic ring is 1. The van der Waals surface area contributed by atoms with E-state index in [9.17, 15) is 4.79 Å². The molecule has 0 aromatic carbocycles. The topological polar surface area (TPSA) is 78.1 Å². The van der Waals surface area contributed by atoms with Crippen LogP contribution >= 0.6 is 0 Å². The van der Waals surface area contributed by atoms with Gasteiger partial charge in [0.25, 0.3) is 0 Å². The van der Waals surface area contributed by atoms with Crippen molar-refractivity contribution < 1.29 is 9.53 Å². The van der Waals surface area contributed by atoms with Gasteiger partial charge in [-0.3, -0.25) is 0 Å². The van der Waals surface area contributed by atoms with Crippen LogP contribution in [0.25, 0.3) is 0 Å². The number of anilines is 1. The van der Waals surface area contributed by atoms with Crippen LogP contribution in [0.4, 0.5) is 5.95 Å². The lowest BCUT2D eigenvalue weighted by molar-refractivity contribution is 0.0523. The Kier molecular flexibility index (Phi) is 6.98. The van der Waals surface area contributed by atoms with Gasteiger partial charge in [0.2, 0.25) is 5.95 Å². The van der Waals surface area contributed by atoms with E-state index in [1.165, 1.54) is 19.3 Å². The van der Waals surface area contributed by atoms with Crippen LogP contribution in [0.15, 0.2) is 0 Å². The van der Waals surface area contributed by atoms with Gasteiger partial charge in [-0.15, -0.1) is 0 Å². The Morgan fingerprint density at radius 3 is 2.50 bits per heavy atom. The van der Waals surface area contributed by atoms with Gasteiger partial charge in [-0.05, 0) is 26.7 Å². The average molecular weight is 279 g/mol. The molecule has 112 valence electrons. The van der Waals surface area contributed by atoms with Crippen LogP contribution in [0.2, 0.25) is 0 Å². The third-order valence-corrected chi connectivity index (χ3v) is 3.18. The molecule has 2 N–H and O–H groups in total. The van der Waals surface area contributed by atoms with Crippen molar-refractivity contribution >= 4 is 11.9 Å². The highest BCUT2D eigenvalue weighted by atomic mass is 16.5. The molecule has 5 nitrogen and oxygen atoms in total. The lowest BCUT2D eigenvalue weighted by Crippen LogP contribution is -2.15. The summed E-state index contributed by atoms with van der Waals surface area (Å²) in [6.07, 6.45) is 6.56. The van der Waals surface area contributed by atoms with Crippen LogP contribution in [0.3, 0.4) is 0 Å². The Labute approximate surface area is 121 Å². The van der Waals surface area contributed by atoms with Crippen LogP contribution in [0, 0.1) is 6.92 Å². The molecule has 0 unspecified atom stereocenters. The van der Waals surface area contributed by atoms with Crippen molar-refractivity contribution in [3.63, 3.8) is 0 Å². The minimum absolute atomic E-state index is 0.221. The molecule has 0 radical (unpaired) electrons. The largest absolute Gasteiger partial charge is 0.462 e. The first kappa shape index (κ1) is 16.4. The smallest absolute Gasteiger partial charge is 0.341 e. The zero-order chi connectivity index (χ0) is 15.0. The normalized spacial score (nSPS) is 10.6. The van der Waals surface area contributed by atoms with E-state index in [1.807, 2.05) is 0 Å². The van der Waals surface area contributed by atoms with Crippen molar-refractivity contribution in [2.45, 2.75) is 59.3 Å². The van der Waals surface area contributed by atoms with Crippen molar-refractivity contribution in [1.29, 1.82) is 0 Å². The third-order valence-electron chi connectivity index (χ3n) is 3.18. The first-order valence-electron chi connectivity index (χ1n) is 7.40. The molecule has 0 saturated carbocycles. The first-order chi connectivity index (χ1) is 9.60. The Morgan fingerprint density at radius 1 is 1.15 bits per heavy atom. The minimum atomic E-state index is -0.353. The van der Waals surface area contributed by atoms with E-state index in [4.69, 9.17) is 10.5 Å². The lowest BCUT2D eigenvalue weighted by atomic mass is 10.0. The predicted molar refractivity (Wildman–Crippen MR) is 79.6 cm³/mol. The minimum Gasteiger partial charge on any atom is -0.462 e. The summed E-state index contributed by atoms with van der Waals surface area (Å²) in [5.74, 6) is -0.132. The van der Waals surface area contributed by atoms with E-state index in [0.717, 1.165) is 19.3 Å². The second-order valence-electron chi connectivity index (χ2n) is 4.87. The van der Waals surface area contributed by atoms with Gasteiger partial charge in [-0.1, -0.05) is 32.6 Å². The highest BCUT2D eigenvalue weighted by Crippen LogP contribution is 2.17. The van der Waals surface area contributed by atoms with Gasteiger partial charge in [-0.25, -0.2) is 14.8 Å². The standard InChI is InChI=1S/C15H25N3O2/c1-4-6-7-8-9-10-12-13(14(19)20-5-2)11(3)17-15(16)18-12/h4-10H2,1-3H3,(H2,16,17,18). The van der Waals surface area contributed by atoms with Crippen molar-refractivity contribution in [2.24, 2.45) is 0 Å². The average Bonchev–Trinajstić information content (AvgIpc) is 2.38. The molecule has 1 rings (SSSR count). The number of unbranched alkanes of at least 4 members (excludes halogenated alkanes) is 4. The van der Waals surface area contributed by atoms with Crippen molar-refractivity contribution in [2.75, 3.05) is 12.3 Å². The monoisotopic (exact) mass is 279 g/mol. The SMILES string of the molecule is CCCCCCCc1nc(N)nc(C)c1C(=O)OCC. The van der Waals surface area contributed by atoms with Gasteiger partial charge >= 0.3 is 5.97 Å².